The predicted octanol–water partition coefficient (Wildman–Crippen LogP) is 1.95. The molecule has 0 fully saturated rings. The number of carbonyl (C=O) groups excluding carboxylic acids is 1. The molecule has 1 aromatic heterocycles. The maximum Gasteiger partial charge on any atom is 0.322 e. The molecule has 0 saturated carbocycles. The van der Waals surface area contributed by atoms with Crippen molar-refractivity contribution in [3.8, 4) is 0 Å². The van der Waals surface area contributed by atoms with E-state index >= 15 is 0 Å². The summed E-state index contributed by atoms with van der Waals surface area (Å²) in [5.41, 5.74) is 1.48. The summed E-state index contributed by atoms with van der Waals surface area (Å²) in [6, 6.07) is 11.6. The van der Waals surface area contributed by atoms with E-state index in [1.54, 1.807) is 6.20 Å². The molecule has 1 unspecified atom stereocenters. The van der Waals surface area contributed by atoms with E-state index in [0.29, 0.717) is 11.8 Å². The molecule has 0 saturated heterocycles. The molecule has 0 aliphatic rings. The van der Waals surface area contributed by atoms with Crippen LogP contribution in [0, 0.1) is 0 Å². The molecule has 0 aliphatic heterocycles. The van der Waals surface area contributed by atoms with Crippen molar-refractivity contribution in [2.24, 2.45) is 0 Å². The van der Waals surface area contributed by atoms with Gasteiger partial charge in [-0.15, -0.1) is 0 Å². The number of hydrogen-bond acceptors (Lipinski definition) is 4. The molecule has 0 amide bonds. The Morgan fingerprint density at radius 1 is 1.15 bits per heavy atom. The second kappa shape index (κ2) is 7.11. The average molecular weight is 372 g/mol. The Morgan fingerprint density at radius 3 is 2.58 bits per heavy atom. The summed E-state index contributed by atoms with van der Waals surface area (Å²) in [7, 11) is -4.18. The van der Waals surface area contributed by atoms with Gasteiger partial charge in [0.1, 0.15) is 6.04 Å². The molecule has 3 aromatic rings. The molecule has 1 atom stereocenters. The van der Waals surface area contributed by atoms with Crippen molar-refractivity contribution in [1.82, 2.24) is 9.71 Å². The van der Waals surface area contributed by atoms with Crippen LogP contribution < -0.4 is 4.72 Å². The second-order valence-corrected chi connectivity index (χ2v) is 7.41. The quantitative estimate of drug-likeness (QED) is 0.548. The predicted molar refractivity (Wildman–Crippen MR) is 95.6 cm³/mol. The number of hydrogen-bond donors (Lipinski definition) is 3. The van der Waals surface area contributed by atoms with Gasteiger partial charge in [0.05, 0.1) is 4.90 Å². The topological polar surface area (TPSA) is 116 Å². The number of sulfonamides is 1. The van der Waals surface area contributed by atoms with Gasteiger partial charge in [-0.05, 0) is 17.7 Å². The fraction of sp³-hybridized carbons (Fsp3) is 0.111. The largest absolute Gasteiger partial charge is 0.480 e. The highest BCUT2D eigenvalue weighted by Gasteiger charge is 2.27. The second-order valence-electron chi connectivity index (χ2n) is 5.73. The van der Waals surface area contributed by atoms with Gasteiger partial charge in [-0.1, -0.05) is 36.4 Å². The minimum atomic E-state index is -4.18. The number of nitrogens with one attached hydrogen (secondary N) is 2. The van der Waals surface area contributed by atoms with Crippen LogP contribution in [0.4, 0.5) is 0 Å². The first-order valence-electron chi connectivity index (χ1n) is 7.76. The van der Waals surface area contributed by atoms with E-state index in [9.17, 15) is 23.1 Å². The van der Waals surface area contributed by atoms with Gasteiger partial charge in [0.15, 0.2) is 6.29 Å². The number of fused-ring (bicyclic) bond motifs is 1. The number of benzene rings is 2. The highest BCUT2D eigenvalue weighted by atomic mass is 32.2. The number of aldehydes is 1. The molecule has 8 heteroatoms. The number of carbonyl (C=O) groups is 2. The molecule has 3 N–H and O–H groups in total. The van der Waals surface area contributed by atoms with E-state index in [4.69, 9.17) is 0 Å². The van der Waals surface area contributed by atoms with Crippen LogP contribution in [0.15, 0.2) is 59.6 Å². The molecular weight excluding hydrogens is 356 g/mol. The Kier molecular flexibility index (Phi) is 4.88. The van der Waals surface area contributed by atoms with Gasteiger partial charge in [0.25, 0.3) is 0 Å². The van der Waals surface area contributed by atoms with Crippen molar-refractivity contribution in [2.75, 3.05) is 0 Å². The summed E-state index contributed by atoms with van der Waals surface area (Å²) in [4.78, 5) is 25.5. The molecule has 2 aromatic carbocycles. The number of rotatable bonds is 7. The van der Waals surface area contributed by atoms with Crippen molar-refractivity contribution in [3.63, 3.8) is 0 Å². The Labute approximate surface area is 149 Å². The Balaban J connectivity index is 1.91. The van der Waals surface area contributed by atoms with Gasteiger partial charge in [0, 0.05) is 29.1 Å². The number of para-hydroxylation sites is 1. The van der Waals surface area contributed by atoms with Crippen molar-refractivity contribution in [3.05, 3.63) is 65.9 Å². The Bertz CT molecular complexity index is 1070. The molecular formula is C18H16N2O5S. The van der Waals surface area contributed by atoms with Crippen molar-refractivity contribution in [2.45, 2.75) is 17.4 Å². The summed E-state index contributed by atoms with van der Waals surface area (Å²) in [5, 5.41) is 10.3. The molecule has 0 spiro atoms. The lowest BCUT2D eigenvalue weighted by Crippen LogP contribution is -2.42. The summed E-state index contributed by atoms with van der Waals surface area (Å²) >= 11 is 0. The van der Waals surface area contributed by atoms with Crippen LogP contribution in [0.25, 0.3) is 10.9 Å². The first-order valence-corrected chi connectivity index (χ1v) is 9.25. The van der Waals surface area contributed by atoms with Crippen LogP contribution in [-0.2, 0) is 21.2 Å². The third-order valence-corrected chi connectivity index (χ3v) is 5.58. The highest BCUT2D eigenvalue weighted by molar-refractivity contribution is 7.89. The lowest BCUT2D eigenvalue weighted by molar-refractivity contribution is -0.138. The highest BCUT2D eigenvalue weighted by Crippen LogP contribution is 2.20. The summed E-state index contributed by atoms with van der Waals surface area (Å²) in [5.74, 6) is -1.30. The van der Waals surface area contributed by atoms with Crippen LogP contribution in [0.3, 0.4) is 0 Å². The van der Waals surface area contributed by atoms with Gasteiger partial charge >= 0.3 is 5.97 Å². The van der Waals surface area contributed by atoms with Crippen LogP contribution >= 0.6 is 0 Å². The number of carboxylic acids is 1. The average Bonchev–Trinajstić information content (AvgIpc) is 3.04. The van der Waals surface area contributed by atoms with Crippen LogP contribution in [0.5, 0.6) is 0 Å². The molecule has 0 radical (unpaired) electrons. The number of carboxylic acid groups (broad SMARTS) is 1. The summed E-state index contributed by atoms with van der Waals surface area (Å²) in [6.45, 7) is 0. The molecule has 26 heavy (non-hydrogen) atoms. The van der Waals surface area contributed by atoms with E-state index < -0.39 is 22.0 Å². The molecule has 7 nitrogen and oxygen atoms in total. The molecule has 134 valence electrons. The smallest absolute Gasteiger partial charge is 0.322 e. The van der Waals surface area contributed by atoms with Crippen LogP contribution in [0.1, 0.15) is 15.9 Å². The number of aromatic nitrogens is 1. The lowest BCUT2D eigenvalue weighted by Gasteiger charge is -2.15. The molecule has 3 rings (SSSR count). The van der Waals surface area contributed by atoms with E-state index in [2.05, 4.69) is 9.71 Å². The van der Waals surface area contributed by atoms with Gasteiger partial charge in [-0.2, -0.15) is 4.72 Å². The van der Waals surface area contributed by atoms with Gasteiger partial charge in [0.2, 0.25) is 10.0 Å². The molecule has 1 heterocycles. The fourth-order valence-electron chi connectivity index (χ4n) is 2.77. The third-order valence-electron chi connectivity index (χ3n) is 4.03. The zero-order chi connectivity index (χ0) is 18.7. The first-order chi connectivity index (χ1) is 12.4. The first kappa shape index (κ1) is 17.8. The third kappa shape index (κ3) is 3.51. The van der Waals surface area contributed by atoms with E-state index in [-0.39, 0.29) is 16.9 Å². The standard InChI is InChI=1S/C18H16N2O5S/c21-11-12-5-1-4-8-17(12)26(24,25)20-16(18(22)23)9-13-10-19-15-7-3-2-6-14(13)15/h1-8,10-11,16,19-20H,9H2,(H,22,23). The van der Waals surface area contributed by atoms with E-state index in [1.807, 2.05) is 24.3 Å². The summed E-state index contributed by atoms with van der Waals surface area (Å²) in [6.07, 6.45) is 2.04. The fourth-order valence-corrected chi connectivity index (χ4v) is 4.14. The molecule has 0 bridgehead atoms. The zero-order valence-corrected chi connectivity index (χ0v) is 14.4. The SMILES string of the molecule is O=Cc1ccccc1S(=O)(=O)NC(Cc1c[nH]c2ccccc12)C(=O)O. The van der Waals surface area contributed by atoms with Crippen molar-refractivity contribution in [1.29, 1.82) is 0 Å². The lowest BCUT2D eigenvalue weighted by atomic mass is 10.1. The Morgan fingerprint density at radius 2 is 1.85 bits per heavy atom. The van der Waals surface area contributed by atoms with Crippen molar-refractivity contribution >= 4 is 33.2 Å². The van der Waals surface area contributed by atoms with Crippen LogP contribution in [0.2, 0.25) is 0 Å². The van der Waals surface area contributed by atoms with Gasteiger partial charge in [-0.3, -0.25) is 9.59 Å². The normalized spacial score (nSPS) is 12.8. The number of aliphatic carboxylic acids is 1. The van der Waals surface area contributed by atoms with Gasteiger partial charge < -0.3 is 10.1 Å². The monoisotopic (exact) mass is 372 g/mol. The van der Waals surface area contributed by atoms with E-state index in [0.717, 1.165) is 10.9 Å². The minimum absolute atomic E-state index is 0.0313. The number of H-pyrrole nitrogens is 1. The maximum absolute atomic E-state index is 12.6. The number of aromatic amines is 1. The zero-order valence-electron chi connectivity index (χ0n) is 13.5. The molecule has 0 aliphatic carbocycles. The minimum Gasteiger partial charge on any atom is -0.480 e. The summed E-state index contributed by atoms with van der Waals surface area (Å²) < 4.78 is 27.3. The van der Waals surface area contributed by atoms with Crippen LogP contribution in [-0.4, -0.2) is 36.8 Å². The maximum atomic E-state index is 12.6. The van der Waals surface area contributed by atoms with E-state index in [1.165, 1.54) is 24.3 Å². The van der Waals surface area contributed by atoms with Crippen molar-refractivity contribution < 1.29 is 23.1 Å². The van der Waals surface area contributed by atoms with Gasteiger partial charge in [-0.25, -0.2) is 8.42 Å². The Hall–Kier alpha value is -2.97.